The molecule has 1 aliphatic heterocycles. The van der Waals surface area contributed by atoms with Crippen LogP contribution in [0.1, 0.15) is 12.0 Å². The van der Waals surface area contributed by atoms with Crippen molar-refractivity contribution < 1.29 is 13.2 Å². The largest absolute Gasteiger partial charge is 0.416 e. The van der Waals surface area contributed by atoms with E-state index >= 15 is 0 Å². The first-order valence-corrected chi connectivity index (χ1v) is 7.75. The summed E-state index contributed by atoms with van der Waals surface area (Å²) in [6.45, 7) is 5.12. The Hall–Kier alpha value is -0.790. The molecule has 3 nitrogen and oxygen atoms in total. The zero-order valence-electron chi connectivity index (χ0n) is 11.7. The molecular formula is C14H19BrF3N3. The highest BCUT2D eigenvalue weighted by molar-refractivity contribution is 9.10. The molecule has 21 heavy (non-hydrogen) atoms. The Balaban J connectivity index is 2.00. The van der Waals surface area contributed by atoms with Crippen molar-refractivity contribution in [2.45, 2.75) is 12.6 Å². The molecule has 0 amide bonds. The molecule has 118 valence electrons. The summed E-state index contributed by atoms with van der Waals surface area (Å²) < 4.78 is 38.5. The number of piperazine rings is 1. The fourth-order valence-corrected chi connectivity index (χ4v) is 3.10. The van der Waals surface area contributed by atoms with Crippen LogP contribution >= 0.6 is 15.9 Å². The average Bonchev–Trinajstić information content (AvgIpc) is 2.45. The van der Waals surface area contributed by atoms with Crippen LogP contribution in [-0.2, 0) is 6.18 Å². The van der Waals surface area contributed by atoms with Gasteiger partial charge >= 0.3 is 6.18 Å². The predicted molar refractivity (Wildman–Crippen MR) is 81.5 cm³/mol. The van der Waals surface area contributed by atoms with Crippen LogP contribution in [0, 0.1) is 0 Å². The Labute approximate surface area is 131 Å². The summed E-state index contributed by atoms with van der Waals surface area (Å²) in [7, 11) is 0. The van der Waals surface area contributed by atoms with Crippen LogP contribution in [-0.4, -0.2) is 44.2 Å². The predicted octanol–water partition coefficient (Wildman–Crippen LogP) is 2.94. The number of rotatable bonds is 4. The van der Waals surface area contributed by atoms with Crippen molar-refractivity contribution in [3.05, 3.63) is 28.2 Å². The number of nitrogens with zero attached hydrogens (tertiary/aromatic N) is 2. The molecule has 1 saturated heterocycles. The molecule has 1 aromatic rings. The van der Waals surface area contributed by atoms with E-state index in [1.165, 1.54) is 0 Å². The lowest BCUT2D eigenvalue weighted by atomic mass is 10.1. The van der Waals surface area contributed by atoms with Gasteiger partial charge in [-0.3, -0.25) is 4.90 Å². The number of hydrogen-bond donors (Lipinski definition) is 1. The van der Waals surface area contributed by atoms with Crippen molar-refractivity contribution in [1.82, 2.24) is 4.90 Å². The maximum atomic E-state index is 12.7. The van der Waals surface area contributed by atoms with Crippen molar-refractivity contribution in [2.24, 2.45) is 5.73 Å². The van der Waals surface area contributed by atoms with Crippen molar-refractivity contribution in [3.63, 3.8) is 0 Å². The molecule has 2 rings (SSSR count). The Morgan fingerprint density at radius 1 is 1.14 bits per heavy atom. The van der Waals surface area contributed by atoms with Gasteiger partial charge in [0.25, 0.3) is 0 Å². The third kappa shape index (κ3) is 4.34. The van der Waals surface area contributed by atoms with Crippen LogP contribution in [0.25, 0.3) is 0 Å². The summed E-state index contributed by atoms with van der Waals surface area (Å²) in [6, 6.07) is 3.83. The van der Waals surface area contributed by atoms with E-state index < -0.39 is 11.7 Å². The Bertz CT molecular complexity index is 471. The normalized spacial score (nSPS) is 17.3. The third-order valence-corrected chi connectivity index (χ3v) is 4.30. The van der Waals surface area contributed by atoms with E-state index in [4.69, 9.17) is 5.73 Å². The number of nitrogens with two attached hydrogens (primary N) is 1. The van der Waals surface area contributed by atoms with Crippen molar-refractivity contribution in [3.8, 4) is 0 Å². The highest BCUT2D eigenvalue weighted by Gasteiger charge is 2.31. The van der Waals surface area contributed by atoms with Crippen LogP contribution in [0.3, 0.4) is 0 Å². The van der Waals surface area contributed by atoms with Gasteiger partial charge in [-0.2, -0.15) is 13.2 Å². The minimum atomic E-state index is -4.30. The third-order valence-electron chi connectivity index (χ3n) is 3.67. The maximum absolute atomic E-state index is 12.7. The van der Waals surface area contributed by atoms with Gasteiger partial charge in [-0.25, -0.2) is 0 Å². The minimum Gasteiger partial charge on any atom is -0.368 e. The van der Waals surface area contributed by atoms with Gasteiger partial charge in [-0.15, -0.1) is 0 Å². The quantitative estimate of drug-likeness (QED) is 0.890. The highest BCUT2D eigenvalue weighted by Crippen LogP contribution is 2.35. The first kappa shape index (κ1) is 16.6. The van der Waals surface area contributed by atoms with Gasteiger partial charge in [0.05, 0.1) is 11.3 Å². The van der Waals surface area contributed by atoms with Crippen LogP contribution < -0.4 is 10.6 Å². The maximum Gasteiger partial charge on any atom is 0.416 e. The first-order chi connectivity index (χ1) is 9.91. The molecule has 1 aromatic carbocycles. The lowest BCUT2D eigenvalue weighted by Gasteiger charge is -2.36. The van der Waals surface area contributed by atoms with Crippen LogP contribution in [0.2, 0.25) is 0 Å². The average molecular weight is 366 g/mol. The molecule has 0 aliphatic carbocycles. The fraction of sp³-hybridized carbons (Fsp3) is 0.571. The van der Waals surface area contributed by atoms with Gasteiger partial charge in [-0.05, 0) is 53.6 Å². The molecule has 0 radical (unpaired) electrons. The van der Waals surface area contributed by atoms with Gasteiger partial charge in [0, 0.05) is 30.7 Å². The van der Waals surface area contributed by atoms with E-state index in [1.807, 2.05) is 0 Å². The summed E-state index contributed by atoms with van der Waals surface area (Å²) in [4.78, 5) is 4.45. The highest BCUT2D eigenvalue weighted by atomic mass is 79.9. The van der Waals surface area contributed by atoms with E-state index in [0.29, 0.717) is 11.0 Å². The lowest BCUT2D eigenvalue weighted by molar-refractivity contribution is -0.137. The van der Waals surface area contributed by atoms with E-state index in [-0.39, 0.29) is 0 Å². The van der Waals surface area contributed by atoms with Gasteiger partial charge < -0.3 is 10.6 Å². The SMILES string of the molecule is NCCCN1CCN(c2ccc(C(F)(F)F)cc2Br)CC1. The lowest BCUT2D eigenvalue weighted by Crippen LogP contribution is -2.47. The van der Waals surface area contributed by atoms with Crippen molar-refractivity contribution in [1.29, 1.82) is 0 Å². The summed E-state index contributed by atoms with van der Waals surface area (Å²) >= 11 is 3.26. The van der Waals surface area contributed by atoms with E-state index in [0.717, 1.165) is 57.0 Å². The molecule has 0 bridgehead atoms. The van der Waals surface area contributed by atoms with Crippen LogP contribution in [0.5, 0.6) is 0 Å². The second-order valence-corrected chi connectivity index (χ2v) is 5.99. The summed E-state index contributed by atoms with van der Waals surface area (Å²) in [5, 5.41) is 0. The Kier molecular flexibility index (Phi) is 5.51. The molecular weight excluding hydrogens is 347 g/mol. The number of hydrogen-bond acceptors (Lipinski definition) is 3. The van der Waals surface area contributed by atoms with Crippen LogP contribution in [0.4, 0.5) is 18.9 Å². The molecule has 2 N–H and O–H groups in total. The first-order valence-electron chi connectivity index (χ1n) is 6.96. The number of anilines is 1. The number of alkyl halides is 3. The van der Waals surface area contributed by atoms with Gasteiger partial charge in [-0.1, -0.05) is 0 Å². The molecule has 1 heterocycles. The van der Waals surface area contributed by atoms with Crippen LogP contribution in [0.15, 0.2) is 22.7 Å². The monoisotopic (exact) mass is 365 g/mol. The number of halogens is 4. The van der Waals surface area contributed by atoms with Gasteiger partial charge in [0.2, 0.25) is 0 Å². The van der Waals surface area contributed by atoms with E-state index in [9.17, 15) is 13.2 Å². The molecule has 1 fully saturated rings. The molecule has 0 unspecified atom stereocenters. The zero-order chi connectivity index (χ0) is 15.5. The Morgan fingerprint density at radius 3 is 2.33 bits per heavy atom. The van der Waals surface area contributed by atoms with Gasteiger partial charge in [0.15, 0.2) is 0 Å². The van der Waals surface area contributed by atoms with Crippen molar-refractivity contribution >= 4 is 21.6 Å². The summed E-state index contributed by atoms with van der Waals surface area (Å²) in [5.74, 6) is 0. The van der Waals surface area contributed by atoms with Gasteiger partial charge in [0.1, 0.15) is 0 Å². The smallest absolute Gasteiger partial charge is 0.368 e. The number of benzene rings is 1. The standard InChI is InChI=1S/C14H19BrF3N3/c15-12-10-11(14(16,17)18)2-3-13(12)21-8-6-20(7-9-21)5-1-4-19/h2-3,10H,1,4-9,19H2. The molecule has 0 spiro atoms. The fourth-order valence-electron chi connectivity index (χ4n) is 2.47. The minimum absolute atomic E-state index is 0.493. The molecule has 0 aromatic heterocycles. The molecule has 0 atom stereocenters. The Morgan fingerprint density at radius 2 is 1.81 bits per heavy atom. The molecule has 7 heteroatoms. The summed E-state index contributed by atoms with van der Waals surface area (Å²) in [6.07, 6.45) is -3.33. The molecule has 0 saturated carbocycles. The zero-order valence-corrected chi connectivity index (χ0v) is 13.3. The van der Waals surface area contributed by atoms with E-state index in [2.05, 4.69) is 25.7 Å². The topological polar surface area (TPSA) is 32.5 Å². The second-order valence-electron chi connectivity index (χ2n) is 5.13. The van der Waals surface area contributed by atoms with E-state index in [1.54, 1.807) is 6.07 Å². The summed E-state index contributed by atoms with van der Waals surface area (Å²) in [5.41, 5.74) is 5.69. The van der Waals surface area contributed by atoms with Crippen molar-refractivity contribution in [2.75, 3.05) is 44.2 Å². The molecule has 1 aliphatic rings. The second kappa shape index (κ2) is 6.98.